The minimum Gasteiger partial charge on any atom is -0.494 e. The Balaban J connectivity index is 1.50. The van der Waals surface area contributed by atoms with Gasteiger partial charge in [0.25, 0.3) is 0 Å². The van der Waals surface area contributed by atoms with E-state index in [1.807, 2.05) is 13.0 Å². The monoisotopic (exact) mass is 435 g/mol. The number of carbonyl (C=O) groups is 1. The van der Waals surface area contributed by atoms with Gasteiger partial charge in [-0.2, -0.15) is 0 Å². The highest BCUT2D eigenvalue weighted by Crippen LogP contribution is 2.20. The number of fused-ring (bicyclic) bond motifs is 1. The van der Waals surface area contributed by atoms with E-state index >= 15 is 0 Å². The maximum atomic E-state index is 11.6. The Morgan fingerprint density at radius 2 is 1.81 bits per heavy atom. The number of aryl methyl sites for hydroxylation is 4. The first kappa shape index (κ1) is 23.8. The van der Waals surface area contributed by atoms with E-state index in [1.165, 1.54) is 16.6 Å². The molecule has 0 aliphatic carbocycles. The summed E-state index contributed by atoms with van der Waals surface area (Å²) in [6.07, 6.45) is 6.59. The third kappa shape index (κ3) is 7.11. The second-order valence-electron chi connectivity index (χ2n) is 8.60. The van der Waals surface area contributed by atoms with E-state index in [9.17, 15) is 4.79 Å². The highest BCUT2D eigenvalue weighted by molar-refractivity contribution is 5.76. The van der Waals surface area contributed by atoms with Gasteiger partial charge in [0.05, 0.1) is 17.6 Å². The van der Waals surface area contributed by atoms with Crippen LogP contribution in [-0.4, -0.2) is 28.6 Å². The van der Waals surface area contributed by atoms with Gasteiger partial charge in [-0.3, -0.25) is 4.79 Å². The summed E-state index contributed by atoms with van der Waals surface area (Å²) in [5, 5.41) is 3.00. The molecule has 0 atom stereocenters. The number of imidazole rings is 1. The smallest absolute Gasteiger partial charge is 0.219 e. The molecule has 0 spiro atoms. The van der Waals surface area contributed by atoms with E-state index in [-0.39, 0.29) is 5.91 Å². The number of carbonyl (C=O) groups excluding carboxylic acids is 1. The first-order valence-electron chi connectivity index (χ1n) is 12.0. The number of benzene rings is 2. The predicted octanol–water partition coefficient (Wildman–Crippen LogP) is 5.75. The molecule has 3 rings (SSSR count). The first-order valence-corrected chi connectivity index (χ1v) is 12.0. The van der Waals surface area contributed by atoms with Crippen LogP contribution in [0.5, 0.6) is 5.75 Å². The van der Waals surface area contributed by atoms with Gasteiger partial charge in [-0.15, -0.1) is 0 Å². The van der Waals surface area contributed by atoms with Crippen molar-refractivity contribution in [2.75, 3.05) is 13.2 Å². The highest BCUT2D eigenvalue weighted by atomic mass is 16.5. The van der Waals surface area contributed by atoms with Crippen molar-refractivity contribution >= 4 is 16.9 Å². The Labute approximate surface area is 192 Å². The van der Waals surface area contributed by atoms with Gasteiger partial charge in [0.2, 0.25) is 5.91 Å². The maximum Gasteiger partial charge on any atom is 0.219 e. The van der Waals surface area contributed by atoms with Crippen molar-refractivity contribution in [1.82, 2.24) is 14.9 Å². The van der Waals surface area contributed by atoms with Crippen molar-refractivity contribution < 1.29 is 9.53 Å². The van der Waals surface area contributed by atoms with Gasteiger partial charge in [-0.25, -0.2) is 4.98 Å². The zero-order valence-corrected chi connectivity index (χ0v) is 19.8. The number of nitrogens with one attached hydrogen (secondary N) is 1. The van der Waals surface area contributed by atoms with Crippen LogP contribution in [-0.2, 0) is 17.8 Å². The molecule has 1 heterocycles. The van der Waals surface area contributed by atoms with Crippen LogP contribution in [0.4, 0.5) is 0 Å². The highest BCUT2D eigenvalue weighted by Gasteiger charge is 2.10. The number of ether oxygens (including phenoxy) is 1. The summed E-state index contributed by atoms with van der Waals surface area (Å²) in [4.78, 5) is 16.5. The van der Waals surface area contributed by atoms with Crippen molar-refractivity contribution in [2.24, 2.45) is 0 Å². The molecule has 2 aromatic carbocycles. The predicted molar refractivity (Wildman–Crippen MR) is 131 cm³/mol. The van der Waals surface area contributed by atoms with Crippen LogP contribution in [0.3, 0.4) is 0 Å². The second-order valence-corrected chi connectivity index (χ2v) is 8.60. The average Bonchev–Trinajstić information content (AvgIpc) is 3.10. The fourth-order valence-electron chi connectivity index (χ4n) is 4.12. The van der Waals surface area contributed by atoms with E-state index in [0.717, 1.165) is 68.7 Å². The van der Waals surface area contributed by atoms with Gasteiger partial charge < -0.3 is 14.6 Å². The number of para-hydroxylation sites is 2. The summed E-state index contributed by atoms with van der Waals surface area (Å²) in [6, 6.07) is 14.7. The topological polar surface area (TPSA) is 56.2 Å². The van der Waals surface area contributed by atoms with Crippen LogP contribution in [0.15, 0.2) is 42.5 Å². The lowest BCUT2D eigenvalue weighted by molar-refractivity contribution is -0.121. The molecule has 0 bridgehead atoms. The van der Waals surface area contributed by atoms with Gasteiger partial charge in [-0.1, -0.05) is 31.5 Å². The van der Waals surface area contributed by atoms with E-state index in [4.69, 9.17) is 9.72 Å². The summed E-state index contributed by atoms with van der Waals surface area (Å²) in [7, 11) is 0. The molecule has 0 aliphatic heterocycles. The molecule has 1 N–H and O–H groups in total. The maximum absolute atomic E-state index is 11.6. The fourth-order valence-corrected chi connectivity index (χ4v) is 4.12. The molecule has 5 nitrogen and oxygen atoms in total. The summed E-state index contributed by atoms with van der Waals surface area (Å²) in [5.41, 5.74) is 4.71. The third-order valence-electron chi connectivity index (χ3n) is 5.60. The zero-order chi connectivity index (χ0) is 22.8. The molecule has 0 unspecified atom stereocenters. The summed E-state index contributed by atoms with van der Waals surface area (Å²) < 4.78 is 8.36. The van der Waals surface area contributed by atoms with Gasteiger partial charge in [-0.05, 0) is 74.9 Å². The van der Waals surface area contributed by atoms with Crippen molar-refractivity contribution in [3.63, 3.8) is 0 Å². The van der Waals surface area contributed by atoms with Crippen molar-refractivity contribution in [1.29, 1.82) is 0 Å². The normalized spacial score (nSPS) is 11.1. The third-order valence-corrected chi connectivity index (χ3v) is 5.60. The number of hydrogen-bond donors (Lipinski definition) is 1. The lowest BCUT2D eigenvalue weighted by Crippen LogP contribution is -2.23. The molecular formula is C27H37N3O2. The lowest BCUT2D eigenvalue weighted by atomic mass is 10.1. The number of aromatic nitrogens is 2. The van der Waals surface area contributed by atoms with Crippen LogP contribution in [0.1, 0.15) is 62.4 Å². The van der Waals surface area contributed by atoms with Crippen molar-refractivity contribution in [2.45, 2.75) is 72.3 Å². The molecular weight excluding hydrogens is 398 g/mol. The Bertz CT molecular complexity index is 989. The molecule has 1 aromatic heterocycles. The van der Waals surface area contributed by atoms with E-state index in [0.29, 0.717) is 13.0 Å². The van der Waals surface area contributed by atoms with Crippen molar-refractivity contribution in [3.8, 4) is 5.75 Å². The Hall–Kier alpha value is -2.82. The minimum absolute atomic E-state index is 0.164. The molecule has 1 amide bonds. The van der Waals surface area contributed by atoms with Crippen LogP contribution >= 0.6 is 0 Å². The number of hydrogen-bond acceptors (Lipinski definition) is 3. The number of rotatable bonds is 13. The Kier molecular flexibility index (Phi) is 9.14. The lowest BCUT2D eigenvalue weighted by Gasteiger charge is -2.11. The zero-order valence-electron chi connectivity index (χ0n) is 19.8. The molecule has 0 radical (unpaired) electrons. The van der Waals surface area contributed by atoms with Gasteiger partial charge in [0.15, 0.2) is 0 Å². The Morgan fingerprint density at radius 1 is 1.03 bits per heavy atom. The minimum atomic E-state index is 0.164. The quantitative estimate of drug-likeness (QED) is 0.348. The van der Waals surface area contributed by atoms with Gasteiger partial charge in [0, 0.05) is 25.9 Å². The van der Waals surface area contributed by atoms with Gasteiger partial charge >= 0.3 is 0 Å². The SMILES string of the molecule is CCCC(=O)NCCCCCc1nc2ccccc2n1CCCOc1cc(C)cc(C)c1. The van der Waals surface area contributed by atoms with E-state index in [1.54, 1.807) is 0 Å². The van der Waals surface area contributed by atoms with Crippen LogP contribution < -0.4 is 10.1 Å². The van der Waals surface area contributed by atoms with Gasteiger partial charge in [0.1, 0.15) is 11.6 Å². The molecule has 0 aliphatic rings. The average molecular weight is 436 g/mol. The Morgan fingerprint density at radius 3 is 2.59 bits per heavy atom. The standard InChI is InChI=1S/C27H37N3O2/c1-4-11-27(31)28-15-9-5-6-14-26-29-24-12-7-8-13-25(24)30(26)16-10-17-32-23-19-21(2)18-22(3)20-23/h7-8,12-13,18-20H,4-6,9-11,14-17H2,1-3H3,(H,28,31). The van der Waals surface area contributed by atoms with E-state index in [2.05, 4.69) is 60.1 Å². The molecule has 5 heteroatoms. The first-order chi connectivity index (χ1) is 15.6. The number of nitrogens with zero attached hydrogens (tertiary/aromatic N) is 2. The molecule has 32 heavy (non-hydrogen) atoms. The van der Waals surface area contributed by atoms with E-state index < -0.39 is 0 Å². The molecule has 0 saturated heterocycles. The van der Waals surface area contributed by atoms with Crippen molar-refractivity contribution in [3.05, 3.63) is 59.4 Å². The molecule has 3 aromatic rings. The number of amides is 1. The summed E-state index contributed by atoms with van der Waals surface area (Å²) in [5.74, 6) is 2.26. The van der Waals surface area contributed by atoms with Crippen LogP contribution in [0.2, 0.25) is 0 Å². The van der Waals surface area contributed by atoms with Crippen LogP contribution in [0.25, 0.3) is 11.0 Å². The number of unbranched alkanes of at least 4 members (excludes halogenated alkanes) is 2. The largest absolute Gasteiger partial charge is 0.494 e. The van der Waals surface area contributed by atoms with Crippen LogP contribution in [0, 0.1) is 13.8 Å². The molecule has 172 valence electrons. The fraction of sp³-hybridized carbons (Fsp3) is 0.481. The molecule has 0 fully saturated rings. The second kappa shape index (κ2) is 12.3. The molecule has 0 saturated carbocycles. The summed E-state index contributed by atoms with van der Waals surface area (Å²) in [6.45, 7) is 8.58. The summed E-state index contributed by atoms with van der Waals surface area (Å²) >= 11 is 0.